The van der Waals surface area contributed by atoms with Crippen molar-refractivity contribution in [1.82, 2.24) is 0 Å². The van der Waals surface area contributed by atoms with Crippen molar-refractivity contribution in [3.8, 4) is 11.1 Å². The van der Waals surface area contributed by atoms with E-state index in [1.165, 1.54) is 0 Å². The molecule has 0 aliphatic carbocycles. The average molecular weight is 204 g/mol. The van der Waals surface area contributed by atoms with Crippen LogP contribution in [0.15, 0.2) is 48.5 Å². The summed E-state index contributed by atoms with van der Waals surface area (Å²) in [6.45, 7) is 14.2. The molecule has 2 aromatic rings. The molecular formula is C14H8N2. The first kappa shape index (κ1) is 9.96. The molecule has 2 aromatic carbocycles. The van der Waals surface area contributed by atoms with Gasteiger partial charge in [-0.3, -0.25) is 0 Å². The number of hydrogen-bond donors (Lipinski definition) is 0. The molecule has 16 heavy (non-hydrogen) atoms. The lowest BCUT2D eigenvalue weighted by molar-refractivity contribution is 1.63. The Bertz CT molecular complexity index is 545. The van der Waals surface area contributed by atoms with Gasteiger partial charge in [0.25, 0.3) is 0 Å². The maximum atomic E-state index is 7.11. The van der Waals surface area contributed by atoms with Gasteiger partial charge < -0.3 is 0 Å². The van der Waals surface area contributed by atoms with Gasteiger partial charge in [0.1, 0.15) is 0 Å². The highest BCUT2D eigenvalue weighted by Crippen LogP contribution is 2.36. The Morgan fingerprint density at radius 2 is 1.00 bits per heavy atom. The monoisotopic (exact) mass is 204 g/mol. The number of benzene rings is 2. The average Bonchev–Trinajstić information content (AvgIpc) is 2.38. The van der Waals surface area contributed by atoms with Crippen molar-refractivity contribution in [2.24, 2.45) is 0 Å². The Balaban J connectivity index is 2.70. The molecule has 0 aliphatic rings. The van der Waals surface area contributed by atoms with E-state index < -0.39 is 0 Å². The molecule has 2 nitrogen and oxygen atoms in total. The van der Waals surface area contributed by atoms with E-state index in [0.717, 1.165) is 11.1 Å². The van der Waals surface area contributed by atoms with E-state index in [1.54, 1.807) is 12.1 Å². The van der Waals surface area contributed by atoms with Crippen LogP contribution < -0.4 is 0 Å². The summed E-state index contributed by atoms with van der Waals surface area (Å²) >= 11 is 0. The minimum atomic E-state index is 0.582. The predicted molar refractivity (Wildman–Crippen MR) is 64.4 cm³/mol. The van der Waals surface area contributed by atoms with Gasteiger partial charge in [-0.05, 0) is 11.1 Å². The van der Waals surface area contributed by atoms with Crippen LogP contribution in [0.5, 0.6) is 0 Å². The summed E-state index contributed by atoms with van der Waals surface area (Å²) in [5.41, 5.74) is 2.81. The molecule has 0 radical (unpaired) electrons. The van der Waals surface area contributed by atoms with Crippen LogP contribution in [0.1, 0.15) is 0 Å². The zero-order valence-corrected chi connectivity index (χ0v) is 8.51. The summed E-state index contributed by atoms with van der Waals surface area (Å²) in [6, 6.07) is 14.7. The van der Waals surface area contributed by atoms with Crippen molar-refractivity contribution in [1.29, 1.82) is 0 Å². The number of hydrogen-bond acceptors (Lipinski definition) is 0. The normalized spacial score (nSPS) is 9.12. The number of para-hydroxylation sites is 2. The summed E-state index contributed by atoms with van der Waals surface area (Å²) in [7, 11) is 0. The first-order valence-electron chi connectivity index (χ1n) is 4.80. The molecule has 0 bridgehead atoms. The van der Waals surface area contributed by atoms with Gasteiger partial charge in [0.2, 0.25) is 0 Å². The SMILES string of the molecule is [C-]#[N+]c1ccccc1-c1ccccc1[N+]#[C-]. The Morgan fingerprint density at radius 3 is 1.38 bits per heavy atom. The first-order chi connectivity index (χ1) is 7.86. The molecular weight excluding hydrogens is 196 g/mol. The summed E-state index contributed by atoms with van der Waals surface area (Å²) in [4.78, 5) is 6.94. The molecule has 0 aromatic heterocycles. The molecule has 0 spiro atoms. The summed E-state index contributed by atoms with van der Waals surface area (Å²) in [5.74, 6) is 0. The molecule has 0 amide bonds. The van der Waals surface area contributed by atoms with Gasteiger partial charge in [-0.25, -0.2) is 9.69 Å². The van der Waals surface area contributed by atoms with Gasteiger partial charge in [0.15, 0.2) is 11.4 Å². The van der Waals surface area contributed by atoms with Gasteiger partial charge in [-0.15, -0.1) is 0 Å². The van der Waals surface area contributed by atoms with E-state index in [-0.39, 0.29) is 0 Å². The van der Waals surface area contributed by atoms with Crippen molar-refractivity contribution in [3.63, 3.8) is 0 Å². The second kappa shape index (κ2) is 4.29. The fourth-order valence-electron chi connectivity index (χ4n) is 1.60. The Kier molecular flexibility index (Phi) is 2.67. The third-order valence-electron chi connectivity index (χ3n) is 2.34. The Morgan fingerprint density at radius 1 is 0.625 bits per heavy atom. The van der Waals surface area contributed by atoms with E-state index in [9.17, 15) is 0 Å². The quantitative estimate of drug-likeness (QED) is 0.606. The molecule has 74 valence electrons. The third-order valence-corrected chi connectivity index (χ3v) is 2.34. The van der Waals surface area contributed by atoms with Crippen LogP contribution in [-0.4, -0.2) is 0 Å². The molecule has 0 heterocycles. The highest BCUT2D eigenvalue weighted by molar-refractivity contribution is 5.86. The highest BCUT2D eigenvalue weighted by Gasteiger charge is 2.07. The second-order valence-corrected chi connectivity index (χ2v) is 3.26. The minimum Gasteiger partial charge on any atom is -0.238 e. The molecule has 2 heteroatoms. The standard InChI is InChI=1S/C14H8N2/c1-15-13-9-5-3-7-11(13)12-8-4-6-10-14(12)16-2/h3-10H. The van der Waals surface area contributed by atoms with Crippen molar-refractivity contribution in [2.75, 3.05) is 0 Å². The highest BCUT2D eigenvalue weighted by atomic mass is 14.7. The molecule has 0 unspecified atom stereocenters. The smallest absolute Gasteiger partial charge is 0.193 e. The zero-order valence-electron chi connectivity index (χ0n) is 8.51. The van der Waals surface area contributed by atoms with E-state index >= 15 is 0 Å². The maximum Gasteiger partial charge on any atom is 0.193 e. The maximum absolute atomic E-state index is 7.11. The van der Waals surface area contributed by atoms with Crippen LogP contribution in [0.2, 0.25) is 0 Å². The van der Waals surface area contributed by atoms with Crippen LogP contribution in [0.4, 0.5) is 11.4 Å². The van der Waals surface area contributed by atoms with Crippen LogP contribution in [0, 0.1) is 13.1 Å². The molecule has 0 aliphatic heterocycles. The van der Waals surface area contributed by atoms with E-state index in [1.807, 2.05) is 36.4 Å². The third kappa shape index (κ3) is 1.65. The molecule has 0 fully saturated rings. The van der Waals surface area contributed by atoms with Gasteiger partial charge in [-0.2, -0.15) is 0 Å². The first-order valence-corrected chi connectivity index (χ1v) is 4.80. The minimum absolute atomic E-state index is 0.582. The van der Waals surface area contributed by atoms with Crippen LogP contribution in [0.25, 0.3) is 20.8 Å². The van der Waals surface area contributed by atoms with Crippen molar-refractivity contribution in [3.05, 3.63) is 71.4 Å². The van der Waals surface area contributed by atoms with Gasteiger partial charge in [-0.1, -0.05) is 48.5 Å². The second-order valence-electron chi connectivity index (χ2n) is 3.26. The lowest BCUT2D eigenvalue weighted by Crippen LogP contribution is -1.77. The van der Waals surface area contributed by atoms with E-state index in [2.05, 4.69) is 9.69 Å². The fourth-order valence-corrected chi connectivity index (χ4v) is 1.60. The summed E-state index contributed by atoms with van der Waals surface area (Å²) in [6.07, 6.45) is 0. The zero-order chi connectivity index (χ0) is 11.4. The largest absolute Gasteiger partial charge is 0.238 e. The fraction of sp³-hybridized carbons (Fsp3) is 0. The van der Waals surface area contributed by atoms with E-state index in [4.69, 9.17) is 13.1 Å². The van der Waals surface area contributed by atoms with Crippen molar-refractivity contribution < 1.29 is 0 Å². The number of nitrogens with zero attached hydrogens (tertiary/aromatic N) is 2. The van der Waals surface area contributed by atoms with Gasteiger partial charge >= 0.3 is 0 Å². The molecule has 0 atom stereocenters. The van der Waals surface area contributed by atoms with Crippen LogP contribution in [-0.2, 0) is 0 Å². The number of rotatable bonds is 1. The molecule has 0 saturated carbocycles. The Hall–Kier alpha value is -2.58. The molecule has 2 rings (SSSR count). The summed E-state index contributed by atoms with van der Waals surface area (Å²) in [5, 5.41) is 0. The predicted octanol–water partition coefficient (Wildman–Crippen LogP) is 4.46. The lowest BCUT2D eigenvalue weighted by Gasteiger charge is -2.05. The van der Waals surface area contributed by atoms with E-state index in [0.29, 0.717) is 11.4 Å². The summed E-state index contributed by atoms with van der Waals surface area (Å²) < 4.78 is 0. The van der Waals surface area contributed by atoms with Gasteiger partial charge in [0.05, 0.1) is 13.1 Å². The van der Waals surface area contributed by atoms with Gasteiger partial charge in [0, 0.05) is 0 Å². The molecule has 0 saturated heterocycles. The topological polar surface area (TPSA) is 8.72 Å². The van der Waals surface area contributed by atoms with Crippen molar-refractivity contribution in [2.45, 2.75) is 0 Å². The molecule has 0 N–H and O–H groups in total. The Labute approximate surface area is 94.4 Å². The van der Waals surface area contributed by atoms with Crippen molar-refractivity contribution >= 4 is 11.4 Å². The lowest BCUT2D eigenvalue weighted by atomic mass is 10.0. The van der Waals surface area contributed by atoms with Crippen LogP contribution >= 0.6 is 0 Å². The van der Waals surface area contributed by atoms with Crippen LogP contribution in [0.3, 0.4) is 0 Å².